The molecular weight excluding hydrogens is 442 g/mol. The first-order valence-electron chi connectivity index (χ1n) is 8.70. The zero-order valence-electron chi connectivity index (χ0n) is 16.1. The number of nitrogens with zero attached hydrogens (tertiary/aromatic N) is 1. The Morgan fingerprint density at radius 1 is 1.14 bits per heavy atom. The highest BCUT2D eigenvalue weighted by Gasteiger charge is 2.49. The largest absolute Gasteiger partial charge is 0.493 e. The minimum Gasteiger partial charge on any atom is -0.493 e. The van der Waals surface area contributed by atoms with E-state index in [-0.39, 0.29) is 0 Å². The second-order valence-electron chi connectivity index (χ2n) is 6.57. The molecule has 1 fully saturated rings. The molecule has 3 rings (SSSR count). The van der Waals surface area contributed by atoms with Gasteiger partial charge in [0.25, 0.3) is 5.91 Å². The number of methoxy groups -OCH3 is 2. The summed E-state index contributed by atoms with van der Waals surface area (Å²) in [6.45, 7) is 1.18. The van der Waals surface area contributed by atoms with Gasteiger partial charge >= 0.3 is 6.03 Å². The lowest BCUT2D eigenvalue weighted by atomic mass is 9.91. The van der Waals surface area contributed by atoms with E-state index in [1.807, 2.05) is 6.07 Å². The Balaban J connectivity index is 1.79. The SMILES string of the molecule is COc1ccc([C@@]2(C)NC(=O)N(CC(=O)Nc3cccc(Br)c3)C2=O)cc1OC. The van der Waals surface area contributed by atoms with Crippen LogP contribution < -0.4 is 20.1 Å². The fraction of sp³-hybridized carbons (Fsp3) is 0.250. The van der Waals surface area contributed by atoms with Crippen molar-refractivity contribution in [3.05, 3.63) is 52.5 Å². The van der Waals surface area contributed by atoms with Gasteiger partial charge in [-0.1, -0.05) is 28.1 Å². The number of imide groups is 1. The average molecular weight is 462 g/mol. The van der Waals surface area contributed by atoms with Crippen LogP contribution in [0, 0.1) is 0 Å². The van der Waals surface area contributed by atoms with Gasteiger partial charge in [-0.2, -0.15) is 0 Å². The topological polar surface area (TPSA) is 97.0 Å². The van der Waals surface area contributed by atoms with Gasteiger partial charge in [0.2, 0.25) is 5.91 Å². The minimum atomic E-state index is -1.33. The third-order valence-corrected chi connectivity index (χ3v) is 5.14. The maximum atomic E-state index is 13.0. The van der Waals surface area contributed by atoms with Gasteiger partial charge in [0, 0.05) is 10.2 Å². The van der Waals surface area contributed by atoms with Crippen LogP contribution in [0.25, 0.3) is 0 Å². The Hall–Kier alpha value is -3.07. The van der Waals surface area contributed by atoms with Gasteiger partial charge in [-0.05, 0) is 42.8 Å². The van der Waals surface area contributed by atoms with Crippen molar-refractivity contribution in [3.63, 3.8) is 0 Å². The number of benzene rings is 2. The number of carbonyl (C=O) groups excluding carboxylic acids is 3. The van der Waals surface area contributed by atoms with Crippen LogP contribution in [0.2, 0.25) is 0 Å². The van der Waals surface area contributed by atoms with Crippen molar-refractivity contribution in [2.75, 3.05) is 26.1 Å². The molecule has 1 aliphatic rings. The van der Waals surface area contributed by atoms with E-state index >= 15 is 0 Å². The van der Waals surface area contributed by atoms with E-state index in [0.717, 1.165) is 9.37 Å². The van der Waals surface area contributed by atoms with Crippen molar-refractivity contribution in [1.29, 1.82) is 0 Å². The first kappa shape index (κ1) is 20.7. The van der Waals surface area contributed by atoms with E-state index < -0.39 is 29.9 Å². The number of amides is 4. The Morgan fingerprint density at radius 3 is 2.52 bits per heavy atom. The summed E-state index contributed by atoms with van der Waals surface area (Å²) in [5.74, 6) is -0.0803. The Kier molecular flexibility index (Phi) is 5.78. The van der Waals surface area contributed by atoms with Crippen molar-refractivity contribution in [1.82, 2.24) is 10.2 Å². The second-order valence-corrected chi connectivity index (χ2v) is 7.49. The number of rotatable bonds is 6. The third-order valence-electron chi connectivity index (χ3n) is 4.65. The molecule has 2 N–H and O–H groups in total. The molecule has 1 heterocycles. The fourth-order valence-corrected chi connectivity index (χ4v) is 3.49. The van der Waals surface area contributed by atoms with Crippen LogP contribution in [-0.4, -0.2) is 43.5 Å². The number of anilines is 1. The Morgan fingerprint density at radius 2 is 1.86 bits per heavy atom. The zero-order chi connectivity index (χ0) is 21.2. The van der Waals surface area contributed by atoms with Crippen molar-refractivity contribution in [3.8, 4) is 11.5 Å². The molecule has 9 heteroatoms. The molecule has 1 aliphatic heterocycles. The summed E-state index contributed by atoms with van der Waals surface area (Å²) < 4.78 is 11.3. The normalized spacial score (nSPS) is 18.4. The highest BCUT2D eigenvalue weighted by Crippen LogP contribution is 2.35. The summed E-state index contributed by atoms with van der Waals surface area (Å²) in [7, 11) is 2.99. The van der Waals surface area contributed by atoms with E-state index in [2.05, 4.69) is 26.6 Å². The van der Waals surface area contributed by atoms with Crippen molar-refractivity contribution < 1.29 is 23.9 Å². The van der Waals surface area contributed by atoms with Crippen LogP contribution in [0.5, 0.6) is 11.5 Å². The van der Waals surface area contributed by atoms with E-state index in [1.54, 1.807) is 43.3 Å². The summed E-state index contributed by atoms with van der Waals surface area (Å²) in [6.07, 6.45) is 0. The van der Waals surface area contributed by atoms with Crippen molar-refractivity contribution in [2.45, 2.75) is 12.5 Å². The summed E-state index contributed by atoms with van der Waals surface area (Å²) in [5, 5.41) is 5.34. The van der Waals surface area contributed by atoms with Crippen LogP contribution in [0.3, 0.4) is 0 Å². The smallest absolute Gasteiger partial charge is 0.325 e. The predicted octanol–water partition coefficient (Wildman–Crippen LogP) is 2.87. The molecule has 1 atom stereocenters. The van der Waals surface area contributed by atoms with Crippen LogP contribution in [-0.2, 0) is 15.1 Å². The summed E-state index contributed by atoms with van der Waals surface area (Å²) in [4.78, 5) is 38.7. The summed E-state index contributed by atoms with van der Waals surface area (Å²) in [5.41, 5.74) is -0.255. The molecule has 2 aromatic rings. The van der Waals surface area contributed by atoms with Crippen LogP contribution in [0.1, 0.15) is 12.5 Å². The zero-order valence-corrected chi connectivity index (χ0v) is 17.7. The van der Waals surface area contributed by atoms with Gasteiger partial charge in [0.15, 0.2) is 11.5 Å². The molecule has 0 bridgehead atoms. The number of halogens is 1. The Labute approximate surface area is 176 Å². The molecule has 1 saturated heterocycles. The highest BCUT2D eigenvalue weighted by atomic mass is 79.9. The van der Waals surface area contributed by atoms with Gasteiger partial charge in [0.1, 0.15) is 12.1 Å². The maximum absolute atomic E-state index is 13.0. The number of hydrogen-bond acceptors (Lipinski definition) is 5. The number of urea groups is 1. The summed E-state index contributed by atoms with van der Waals surface area (Å²) >= 11 is 3.32. The van der Waals surface area contributed by atoms with Gasteiger partial charge in [-0.3, -0.25) is 14.5 Å². The minimum absolute atomic E-state index is 0.403. The first-order valence-corrected chi connectivity index (χ1v) is 9.50. The molecular formula is C20H20BrN3O5. The monoisotopic (exact) mass is 461 g/mol. The quantitative estimate of drug-likeness (QED) is 0.644. The van der Waals surface area contributed by atoms with Crippen LogP contribution in [0.15, 0.2) is 46.9 Å². The van der Waals surface area contributed by atoms with E-state index in [9.17, 15) is 14.4 Å². The number of ether oxygens (including phenoxy) is 2. The molecule has 0 spiro atoms. The standard InChI is InChI=1S/C20H20BrN3O5/c1-20(12-7-8-15(28-2)16(9-12)29-3)18(26)24(19(27)23-20)11-17(25)22-14-6-4-5-13(21)10-14/h4-10H,11H2,1-3H3,(H,22,25)(H,23,27)/t20-/m1/s1. The average Bonchev–Trinajstić information content (AvgIpc) is 2.91. The molecule has 29 heavy (non-hydrogen) atoms. The van der Waals surface area contributed by atoms with Gasteiger partial charge in [-0.15, -0.1) is 0 Å². The molecule has 8 nitrogen and oxygen atoms in total. The molecule has 0 aliphatic carbocycles. The molecule has 2 aromatic carbocycles. The van der Waals surface area contributed by atoms with Crippen LogP contribution >= 0.6 is 15.9 Å². The second kappa shape index (κ2) is 8.12. The lowest BCUT2D eigenvalue weighted by molar-refractivity contribution is -0.133. The molecule has 0 aromatic heterocycles. The Bertz CT molecular complexity index is 980. The van der Waals surface area contributed by atoms with Gasteiger partial charge in [-0.25, -0.2) is 4.79 Å². The molecule has 4 amide bonds. The molecule has 152 valence electrons. The highest BCUT2D eigenvalue weighted by molar-refractivity contribution is 9.10. The predicted molar refractivity (Wildman–Crippen MR) is 110 cm³/mol. The maximum Gasteiger partial charge on any atom is 0.325 e. The summed E-state index contributed by atoms with van der Waals surface area (Å²) in [6, 6.07) is 11.3. The molecule has 0 saturated carbocycles. The lowest BCUT2D eigenvalue weighted by Gasteiger charge is -2.23. The van der Waals surface area contributed by atoms with Gasteiger partial charge in [0.05, 0.1) is 14.2 Å². The van der Waals surface area contributed by atoms with Crippen LogP contribution in [0.4, 0.5) is 10.5 Å². The number of nitrogens with one attached hydrogen (secondary N) is 2. The van der Waals surface area contributed by atoms with Crippen molar-refractivity contribution >= 4 is 39.5 Å². The number of hydrogen-bond donors (Lipinski definition) is 2. The van der Waals surface area contributed by atoms with E-state index in [1.165, 1.54) is 14.2 Å². The van der Waals surface area contributed by atoms with E-state index in [4.69, 9.17) is 9.47 Å². The fourth-order valence-electron chi connectivity index (χ4n) is 3.09. The first-order chi connectivity index (χ1) is 13.8. The lowest BCUT2D eigenvalue weighted by Crippen LogP contribution is -2.42. The van der Waals surface area contributed by atoms with E-state index in [0.29, 0.717) is 22.7 Å². The third kappa shape index (κ3) is 4.04. The van der Waals surface area contributed by atoms with Crippen molar-refractivity contribution in [2.24, 2.45) is 0 Å². The molecule has 0 unspecified atom stereocenters. The number of carbonyl (C=O) groups is 3. The van der Waals surface area contributed by atoms with Gasteiger partial charge < -0.3 is 20.1 Å². The molecule has 0 radical (unpaired) electrons.